The summed E-state index contributed by atoms with van der Waals surface area (Å²) in [5.74, 6) is 0. The van der Waals surface area contributed by atoms with Crippen LogP contribution < -0.4 is 15.9 Å². The van der Waals surface area contributed by atoms with E-state index in [0.29, 0.717) is 6.42 Å². The molecular formula is C22H24FNP+. The molecule has 2 aromatic carbocycles. The Kier molecular flexibility index (Phi) is 5.94. The third-order valence-corrected chi connectivity index (χ3v) is 9.12. The Labute approximate surface area is 150 Å². The second-order valence-corrected chi connectivity index (χ2v) is 9.95. The number of hydrogen-bond donors (Lipinski definition) is 0. The van der Waals surface area contributed by atoms with Crippen molar-refractivity contribution in [3.05, 3.63) is 85.2 Å². The van der Waals surface area contributed by atoms with Crippen LogP contribution in [0.15, 0.2) is 85.2 Å². The first-order valence-corrected chi connectivity index (χ1v) is 10.7. The van der Waals surface area contributed by atoms with Crippen molar-refractivity contribution in [1.29, 1.82) is 0 Å². The summed E-state index contributed by atoms with van der Waals surface area (Å²) >= 11 is 0. The van der Waals surface area contributed by atoms with Crippen molar-refractivity contribution < 1.29 is 4.39 Å². The standard InChI is InChI=1S/C22H24FNP/c1-19(23)9-8-18-25(20-10-4-2-5-11-20,21-12-6-3-7-13-21)22-14-16-24-17-15-22/h2-7,10-17,19H,8-9,18H2,1H3/q+1/i23-1. The van der Waals surface area contributed by atoms with Crippen molar-refractivity contribution in [2.24, 2.45) is 0 Å². The SMILES string of the molecule is CC([18F])CCC[P+](c1ccccc1)(c1ccccc1)c1ccncc1. The molecule has 0 N–H and O–H groups in total. The molecule has 0 amide bonds. The van der Waals surface area contributed by atoms with Crippen LogP contribution in [-0.4, -0.2) is 17.3 Å². The minimum atomic E-state index is -1.82. The van der Waals surface area contributed by atoms with Crippen LogP contribution >= 0.6 is 7.26 Å². The Bertz CT molecular complexity index is 663. The molecule has 0 aliphatic heterocycles. The average Bonchev–Trinajstić information content (AvgIpc) is 2.67. The van der Waals surface area contributed by atoms with Gasteiger partial charge in [-0.1, -0.05) is 36.4 Å². The molecule has 3 aromatic rings. The molecule has 3 heteroatoms. The van der Waals surface area contributed by atoms with E-state index in [2.05, 4.69) is 77.8 Å². The van der Waals surface area contributed by atoms with Crippen LogP contribution in [0, 0.1) is 0 Å². The molecule has 1 nitrogen and oxygen atoms in total. The molecule has 1 aromatic heterocycles. The van der Waals surface area contributed by atoms with Gasteiger partial charge in [-0.3, -0.25) is 4.98 Å². The molecule has 25 heavy (non-hydrogen) atoms. The van der Waals surface area contributed by atoms with E-state index in [1.54, 1.807) is 6.92 Å². The summed E-state index contributed by atoms with van der Waals surface area (Å²) in [6.07, 6.45) is 5.43. The summed E-state index contributed by atoms with van der Waals surface area (Å²) in [6, 6.07) is 25.7. The number of alkyl halides is 1. The van der Waals surface area contributed by atoms with E-state index < -0.39 is 13.4 Å². The van der Waals surface area contributed by atoms with Crippen LogP contribution in [0.25, 0.3) is 0 Å². The first kappa shape index (κ1) is 17.8. The van der Waals surface area contributed by atoms with Crippen molar-refractivity contribution in [3.63, 3.8) is 0 Å². The van der Waals surface area contributed by atoms with Crippen molar-refractivity contribution in [1.82, 2.24) is 4.98 Å². The molecule has 0 aliphatic rings. The highest BCUT2D eigenvalue weighted by molar-refractivity contribution is 7.95. The number of halogens is 1. The van der Waals surface area contributed by atoms with Crippen LogP contribution in [0.4, 0.5) is 4.39 Å². The third kappa shape index (κ3) is 3.96. The molecule has 0 saturated carbocycles. The van der Waals surface area contributed by atoms with Crippen molar-refractivity contribution >= 4 is 23.2 Å². The number of benzene rings is 2. The molecule has 3 rings (SSSR count). The second kappa shape index (κ2) is 8.36. The molecule has 0 bridgehead atoms. The predicted octanol–water partition coefficient (Wildman–Crippen LogP) is 4.51. The van der Waals surface area contributed by atoms with Gasteiger partial charge >= 0.3 is 0 Å². The van der Waals surface area contributed by atoms with Gasteiger partial charge in [0.15, 0.2) is 0 Å². The smallest absolute Gasteiger partial charge is 0.112 e. The Morgan fingerprint density at radius 1 is 0.800 bits per heavy atom. The molecule has 0 spiro atoms. The molecule has 0 radical (unpaired) electrons. The fraction of sp³-hybridized carbons (Fsp3) is 0.227. The molecule has 1 heterocycles. The minimum Gasteiger partial charge on any atom is -0.264 e. The largest absolute Gasteiger partial charge is 0.264 e. The molecule has 1 unspecified atom stereocenters. The van der Waals surface area contributed by atoms with E-state index in [1.165, 1.54) is 15.9 Å². The lowest BCUT2D eigenvalue weighted by molar-refractivity contribution is 0.339. The third-order valence-electron chi connectivity index (χ3n) is 4.59. The zero-order valence-electron chi connectivity index (χ0n) is 14.6. The van der Waals surface area contributed by atoms with Gasteiger partial charge in [-0.25, -0.2) is 4.39 Å². The number of hydrogen-bond acceptors (Lipinski definition) is 1. The molecule has 0 fully saturated rings. The summed E-state index contributed by atoms with van der Waals surface area (Å²) in [7, 11) is -1.82. The fourth-order valence-electron chi connectivity index (χ4n) is 3.41. The van der Waals surface area contributed by atoms with Gasteiger partial charge in [0.25, 0.3) is 0 Å². The highest BCUT2D eigenvalue weighted by Gasteiger charge is 2.44. The Hall–Kier alpha value is -2.05. The van der Waals surface area contributed by atoms with E-state index in [-0.39, 0.29) is 0 Å². The van der Waals surface area contributed by atoms with Gasteiger partial charge in [-0.05, 0) is 56.2 Å². The highest BCUT2D eigenvalue weighted by atomic mass is 31.2. The first-order valence-electron chi connectivity index (χ1n) is 8.77. The van der Waals surface area contributed by atoms with Gasteiger partial charge in [0, 0.05) is 12.4 Å². The molecule has 0 saturated heterocycles. The first-order chi connectivity index (χ1) is 12.2. The molecule has 1 atom stereocenters. The van der Waals surface area contributed by atoms with E-state index in [1.807, 2.05) is 12.4 Å². The van der Waals surface area contributed by atoms with Crippen LogP contribution in [0.3, 0.4) is 0 Å². The Balaban J connectivity index is 2.16. The predicted molar refractivity (Wildman–Crippen MR) is 108 cm³/mol. The monoisotopic (exact) mass is 351 g/mol. The van der Waals surface area contributed by atoms with Crippen LogP contribution in [0.1, 0.15) is 19.8 Å². The topological polar surface area (TPSA) is 12.9 Å². The van der Waals surface area contributed by atoms with Crippen LogP contribution in [-0.2, 0) is 0 Å². The summed E-state index contributed by atoms with van der Waals surface area (Å²) in [5.41, 5.74) is 0. The molecular weight excluding hydrogens is 327 g/mol. The molecule has 128 valence electrons. The maximum atomic E-state index is 13.5. The maximum absolute atomic E-state index is 13.5. The van der Waals surface area contributed by atoms with E-state index in [4.69, 9.17) is 0 Å². The van der Waals surface area contributed by atoms with Crippen LogP contribution in [0.2, 0.25) is 0 Å². The van der Waals surface area contributed by atoms with Crippen molar-refractivity contribution in [2.45, 2.75) is 25.9 Å². The normalized spacial score (nSPS) is 12.7. The van der Waals surface area contributed by atoms with E-state index >= 15 is 0 Å². The summed E-state index contributed by atoms with van der Waals surface area (Å²) in [4.78, 5) is 4.21. The van der Waals surface area contributed by atoms with Gasteiger partial charge in [0.2, 0.25) is 0 Å². The van der Waals surface area contributed by atoms with Crippen molar-refractivity contribution in [3.8, 4) is 0 Å². The minimum absolute atomic E-state index is 0.604. The Morgan fingerprint density at radius 3 is 1.76 bits per heavy atom. The van der Waals surface area contributed by atoms with Gasteiger partial charge in [0.1, 0.15) is 23.2 Å². The fourth-order valence-corrected chi connectivity index (χ4v) is 7.74. The average molecular weight is 351 g/mol. The van der Waals surface area contributed by atoms with Crippen molar-refractivity contribution in [2.75, 3.05) is 6.16 Å². The zero-order chi connectivity index (χ0) is 17.5. The van der Waals surface area contributed by atoms with E-state index in [0.717, 1.165) is 12.6 Å². The lowest BCUT2D eigenvalue weighted by atomic mass is 10.2. The highest BCUT2D eigenvalue weighted by Crippen LogP contribution is 2.55. The quantitative estimate of drug-likeness (QED) is 0.571. The lowest BCUT2D eigenvalue weighted by Gasteiger charge is -2.27. The number of nitrogens with zero attached hydrogens (tertiary/aromatic N) is 1. The zero-order valence-corrected chi connectivity index (χ0v) is 15.4. The van der Waals surface area contributed by atoms with Gasteiger partial charge < -0.3 is 0 Å². The number of pyridine rings is 1. The number of rotatable bonds is 7. The second-order valence-electron chi connectivity index (χ2n) is 6.33. The van der Waals surface area contributed by atoms with Gasteiger partial charge in [0.05, 0.1) is 12.3 Å². The van der Waals surface area contributed by atoms with Gasteiger partial charge in [-0.2, -0.15) is 0 Å². The maximum Gasteiger partial charge on any atom is 0.112 e. The summed E-state index contributed by atoms with van der Waals surface area (Å²) < 4.78 is 13.5. The summed E-state index contributed by atoms with van der Waals surface area (Å²) in [6.45, 7) is 1.65. The lowest BCUT2D eigenvalue weighted by Crippen LogP contribution is -2.33. The van der Waals surface area contributed by atoms with E-state index in [9.17, 15) is 4.39 Å². The Morgan fingerprint density at radius 2 is 1.28 bits per heavy atom. The van der Waals surface area contributed by atoms with Gasteiger partial charge in [-0.15, -0.1) is 0 Å². The summed E-state index contributed by atoms with van der Waals surface area (Å²) in [5, 5.41) is 4.00. The molecule has 0 aliphatic carbocycles. The van der Waals surface area contributed by atoms with Crippen LogP contribution in [0.5, 0.6) is 0 Å². The number of aromatic nitrogens is 1.